The Morgan fingerprint density at radius 2 is 1.92 bits per heavy atom. The lowest BCUT2D eigenvalue weighted by molar-refractivity contribution is 0.157. The zero-order chi connectivity index (χ0) is 17.6. The molecule has 0 radical (unpaired) electrons. The van der Waals surface area contributed by atoms with Gasteiger partial charge in [0.1, 0.15) is 0 Å². The molecule has 1 unspecified atom stereocenters. The molecule has 1 aromatic carbocycles. The van der Waals surface area contributed by atoms with E-state index in [-0.39, 0.29) is 12.1 Å². The van der Waals surface area contributed by atoms with Gasteiger partial charge in [0.25, 0.3) is 0 Å². The van der Waals surface area contributed by atoms with E-state index in [2.05, 4.69) is 12.2 Å². The number of rotatable bonds is 5. The number of carbonyl (C=O) groups excluding carboxylic acids is 1. The van der Waals surface area contributed by atoms with Gasteiger partial charge in [0, 0.05) is 19.1 Å². The van der Waals surface area contributed by atoms with Gasteiger partial charge in [0.15, 0.2) is 11.5 Å². The molecule has 1 heterocycles. The first-order valence-electron chi connectivity index (χ1n) is 9.55. The Labute approximate surface area is 150 Å². The number of ether oxygens (including phenoxy) is 2. The number of methoxy groups -OCH3 is 1. The molecule has 0 bridgehead atoms. The number of urea groups is 1. The predicted octanol–water partition coefficient (Wildman–Crippen LogP) is 4.10. The Morgan fingerprint density at radius 1 is 1.16 bits per heavy atom. The highest BCUT2D eigenvalue weighted by Gasteiger charge is 2.23. The molecule has 1 aromatic rings. The minimum Gasteiger partial charge on any atom is -0.493 e. The van der Waals surface area contributed by atoms with Crippen molar-refractivity contribution in [3.05, 3.63) is 23.8 Å². The maximum absolute atomic E-state index is 12.4. The zero-order valence-corrected chi connectivity index (χ0v) is 15.4. The summed E-state index contributed by atoms with van der Waals surface area (Å²) in [5.41, 5.74) is 1.03. The Morgan fingerprint density at radius 3 is 2.64 bits per heavy atom. The smallest absolute Gasteiger partial charge is 0.317 e. The van der Waals surface area contributed by atoms with Crippen LogP contribution in [0.2, 0.25) is 0 Å². The van der Waals surface area contributed by atoms with Crippen molar-refractivity contribution in [1.82, 2.24) is 10.2 Å². The molecule has 138 valence electrons. The minimum atomic E-state index is 0.0290. The van der Waals surface area contributed by atoms with E-state index in [9.17, 15) is 4.79 Å². The lowest BCUT2D eigenvalue weighted by atomic mass is 10.0. The SMILES string of the molecule is COc1ccc(CNC(=O)N2CCCCC2C)cc1OC1CCCC1. The maximum atomic E-state index is 12.4. The lowest BCUT2D eigenvalue weighted by Crippen LogP contribution is -2.47. The molecular weight excluding hydrogens is 316 g/mol. The van der Waals surface area contributed by atoms with Gasteiger partial charge in [-0.3, -0.25) is 0 Å². The quantitative estimate of drug-likeness (QED) is 0.873. The highest BCUT2D eigenvalue weighted by molar-refractivity contribution is 5.74. The molecule has 2 fully saturated rings. The average molecular weight is 346 g/mol. The summed E-state index contributed by atoms with van der Waals surface area (Å²) in [7, 11) is 1.66. The van der Waals surface area contributed by atoms with Crippen molar-refractivity contribution in [3.63, 3.8) is 0 Å². The third-order valence-electron chi connectivity index (χ3n) is 5.33. The molecule has 0 aromatic heterocycles. The topological polar surface area (TPSA) is 50.8 Å². The van der Waals surface area contributed by atoms with Gasteiger partial charge >= 0.3 is 6.03 Å². The Hall–Kier alpha value is -1.91. The third kappa shape index (κ3) is 4.59. The van der Waals surface area contributed by atoms with Gasteiger partial charge in [-0.2, -0.15) is 0 Å². The third-order valence-corrected chi connectivity index (χ3v) is 5.33. The van der Waals surface area contributed by atoms with Crippen molar-refractivity contribution >= 4 is 6.03 Å². The number of benzene rings is 1. The van der Waals surface area contributed by atoms with Crippen LogP contribution in [0.25, 0.3) is 0 Å². The highest BCUT2D eigenvalue weighted by Crippen LogP contribution is 2.32. The summed E-state index contributed by atoms with van der Waals surface area (Å²) in [6, 6.07) is 6.26. The number of hydrogen-bond acceptors (Lipinski definition) is 3. The van der Waals surface area contributed by atoms with Gasteiger partial charge in [0.05, 0.1) is 13.2 Å². The number of nitrogens with zero attached hydrogens (tertiary/aromatic N) is 1. The fourth-order valence-corrected chi connectivity index (χ4v) is 3.79. The van der Waals surface area contributed by atoms with Crippen molar-refractivity contribution in [2.45, 2.75) is 70.6 Å². The number of carbonyl (C=O) groups is 1. The van der Waals surface area contributed by atoms with E-state index in [0.29, 0.717) is 12.6 Å². The molecule has 1 atom stereocenters. The Kier molecular flexibility index (Phi) is 6.05. The maximum Gasteiger partial charge on any atom is 0.317 e. The Balaban J connectivity index is 1.60. The van der Waals surface area contributed by atoms with E-state index in [4.69, 9.17) is 9.47 Å². The van der Waals surface area contributed by atoms with Gasteiger partial charge < -0.3 is 19.7 Å². The normalized spacial score (nSPS) is 21.2. The second-order valence-electron chi connectivity index (χ2n) is 7.21. The van der Waals surface area contributed by atoms with Crippen LogP contribution in [0.5, 0.6) is 11.5 Å². The van der Waals surface area contributed by atoms with Crippen LogP contribution in [0.4, 0.5) is 4.79 Å². The average Bonchev–Trinajstić information content (AvgIpc) is 3.13. The van der Waals surface area contributed by atoms with E-state index >= 15 is 0 Å². The number of amides is 2. The van der Waals surface area contributed by atoms with E-state index in [0.717, 1.165) is 49.3 Å². The Bertz CT molecular complexity index is 584. The molecule has 2 amide bonds. The lowest BCUT2D eigenvalue weighted by Gasteiger charge is -2.33. The van der Waals surface area contributed by atoms with Crippen LogP contribution in [-0.4, -0.2) is 36.7 Å². The largest absolute Gasteiger partial charge is 0.493 e. The van der Waals surface area contributed by atoms with Crippen LogP contribution in [0.15, 0.2) is 18.2 Å². The van der Waals surface area contributed by atoms with Gasteiger partial charge in [-0.1, -0.05) is 6.07 Å². The van der Waals surface area contributed by atoms with Crippen LogP contribution in [0, 0.1) is 0 Å². The number of nitrogens with one attached hydrogen (secondary N) is 1. The molecule has 1 aliphatic carbocycles. The summed E-state index contributed by atoms with van der Waals surface area (Å²) in [6.07, 6.45) is 8.37. The molecule has 2 aliphatic rings. The summed E-state index contributed by atoms with van der Waals surface area (Å²) in [4.78, 5) is 14.4. The second-order valence-corrected chi connectivity index (χ2v) is 7.21. The molecule has 5 nitrogen and oxygen atoms in total. The summed E-state index contributed by atoms with van der Waals surface area (Å²) in [6.45, 7) is 3.48. The molecular formula is C20H30N2O3. The molecule has 1 aliphatic heterocycles. The fraction of sp³-hybridized carbons (Fsp3) is 0.650. The first-order chi connectivity index (χ1) is 12.2. The minimum absolute atomic E-state index is 0.0290. The number of piperidine rings is 1. The standard InChI is InChI=1S/C20H30N2O3/c1-15-7-5-6-12-22(15)20(23)21-14-16-10-11-18(24-2)19(13-16)25-17-8-3-4-9-17/h10-11,13,15,17H,3-9,12,14H2,1-2H3,(H,21,23). The number of likely N-dealkylation sites (tertiary alicyclic amines) is 1. The molecule has 0 spiro atoms. The van der Waals surface area contributed by atoms with Crippen molar-refractivity contribution in [3.8, 4) is 11.5 Å². The molecule has 25 heavy (non-hydrogen) atoms. The van der Waals surface area contributed by atoms with Crippen LogP contribution in [-0.2, 0) is 6.54 Å². The van der Waals surface area contributed by atoms with Crippen molar-refractivity contribution in [2.75, 3.05) is 13.7 Å². The zero-order valence-electron chi connectivity index (χ0n) is 15.4. The van der Waals surface area contributed by atoms with E-state index in [1.54, 1.807) is 7.11 Å². The molecule has 1 N–H and O–H groups in total. The molecule has 1 saturated heterocycles. The number of hydrogen-bond donors (Lipinski definition) is 1. The summed E-state index contributed by atoms with van der Waals surface area (Å²) in [5, 5.41) is 3.05. The second kappa shape index (κ2) is 8.45. The van der Waals surface area contributed by atoms with Crippen LogP contribution in [0.3, 0.4) is 0 Å². The summed E-state index contributed by atoms with van der Waals surface area (Å²) in [5.74, 6) is 1.54. The van der Waals surface area contributed by atoms with Gasteiger partial charge in [0.2, 0.25) is 0 Å². The van der Waals surface area contributed by atoms with E-state index in [1.807, 2.05) is 23.1 Å². The van der Waals surface area contributed by atoms with Crippen molar-refractivity contribution in [2.24, 2.45) is 0 Å². The summed E-state index contributed by atoms with van der Waals surface area (Å²) >= 11 is 0. The first-order valence-corrected chi connectivity index (χ1v) is 9.55. The van der Waals surface area contributed by atoms with Crippen molar-refractivity contribution < 1.29 is 14.3 Å². The molecule has 5 heteroatoms. The summed E-state index contributed by atoms with van der Waals surface area (Å²) < 4.78 is 11.6. The monoisotopic (exact) mass is 346 g/mol. The van der Waals surface area contributed by atoms with E-state index in [1.165, 1.54) is 19.3 Å². The van der Waals surface area contributed by atoms with Gasteiger partial charge in [-0.15, -0.1) is 0 Å². The fourth-order valence-electron chi connectivity index (χ4n) is 3.79. The predicted molar refractivity (Wildman–Crippen MR) is 98.1 cm³/mol. The molecule has 1 saturated carbocycles. The highest BCUT2D eigenvalue weighted by atomic mass is 16.5. The van der Waals surface area contributed by atoms with E-state index < -0.39 is 0 Å². The van der Waals surface area contributed by atoms with Gasteiger partial charge in [-0.25, -0.2) is 4.79 Å². The van der Waals surface area contributed by atoms with Crippen LogP contribution < -0.4 is 14.8 Å². The van der Waals surface area contributed by atoms with Crippen LogP contribution in [0.1, 0.15) is 57.4 Å². The first kappa shape index (κ1) is 17.9. The van der Waals surface area contributed by atoms with Crippen molar-refractivity contribution in [1.29, 1.82) is 0 Å². The van der Waals surface area contributed by atoms with Crippen LogP contribution >= 0.6 is 0 Å². The molecule has 3 rings (SSSR count). The van der Waals surface area contributed by atoms with Gasteiger partial charge in [-0.05, 0) is 69.6 Å².